The average Bonchev–Trinajstić information content (AvgIpc) is 2.22. The third-order valence-electron chi connectivity index (χ3n) is 4.92. The molecule has 1 heteroatoms. The molecule has 0 amide bonds. The van der Waals surface area contributed by atoms with Crippen LogP contribution in [0.1, 0.15) is 65.2 Å². The molecule has 0 aromatic heterocycles. The van der Waals surface area contributed by atoms with Gasteiger partial charge in [0.25, 0.3) is 0 Å². The first-order chi connectivity index (χ1) is 7.75. The van der Waals surface area contributed by atoms with Crippen molar-refractivity contribution in [3.8, 4) is 0 Å². The molecule has 94 valence electrons. The summed E-state index contributed by atoms with van der Waals surface area (Å²) in [6.07, 6.45) is 11.7. The van der Waals surface area contributed by atoms with Gasteiger partial charge in [0.1, 0.15) is 0 Å². The van der Waals surface area contributed by atoms with Gasteiger partial charge < -0.3 is 5.32 Å². The van der Waals surface area contributed by atoms with Gasteiger partial charge in [0.15, 0.2) is 0 Å². The van der Waals surface area contributed by atoms with E-state index in [9.17, 15) is 0 Å². The largest absolute Gasteiger partial charge is 0.314 e. The zero-order valence-corrected chi connectivity index (χ0v) is 11.2. The van der Waals surface area contributed by atoms with Crippen LogP contribution in [-0.4, -0.2) is 12.6 Å². The average molecular weight is 223 g/mol. The van der Waals surface area contributed by atoms with Crippen molar-refractivity contribution in [2.45, 2.75) is 71.3 Å². The highest BCUT2D eigenvalue weighted by Crippen LogP contribution is 2.31. The Morgan fingerprint density at radius 1 is 1.00 bits per heavy atom. The van der Waals surface area contributed by atoms with Crippen molar-refractivity contribution in [3.05, 3.63) is 0 Å². The number of hydrogen-bond acceptors (Lipinski definition) is 1. The minimum atomic E-state index is 0.843. The first-order valence-electron chi connectivity index (χ1n) is 7.49. The van der Waals surface area contributed by atoms with Crippen LogP contribution >= 0.6 is 0 Å². The molecule has 2 fully saturated rings. The van der Waals surface area contributed by atoms with Gasteiger partial charge in [-0.05, 0) is 56.4 Å². The van der Waals surface area contributed by atoms with Crippen molar-refractivity contribution < 1.29 is 0 Å². The maximum Gasteiger partial charge on any atom is 0.00672 e. The van der Waals surface area contributed by atoms with E-state index in [4.69, 9.17) is 0 Å². The summed E-state index contributed by atoms with van der Waals surface area (Å²) < 4.78 is 0. The fourth-order valence-electron chi connectivity index (χ4n) is 3.26. The number of nitrogens with one attached hydrogen (secondary N) is 1. The highest BCUT2D eigenvalue weighted by atomic mass is 14.9. The lowest BCUT2D eigenvalue weighted by Gasteiger charge is -2.32. The highest BCUT2D eigenvalue weighted by molar-refractivity contribution is 4.79. The quantitative estimate of drug-likeness (QED) is 0.743. The van der Waals surface area contributed by atoms with Crippen molar-refractivity contribution in [3.63, 3.8) is 0 Å². The molecule has 1 nitrogen and oxygen atoms in total. The van der Waals surface area contributed by atoms with Crippen LogP contribution < -0.4 is 5.32 Å². The Balaban J connectivity index is 1.54. The summed E-state index contributed by atoms with van der Waals surface area (Å²) in [5.74, 6) is 2.97. The standard InChI is InChI=1S/C15H29N/c1-12(2)14-6-8-15(9-7-14)16-11-10-13-4-3-5-13/h12-16H,3-11H2,1-2H3. The fraction of sp³-hybridized carbons (Fsp3) is 1.00. The van der Waals surface area contributed by atoms with Crippen LogP contribution in [0, 0.1) is 17.8 Å². The number of rotatable bonds is 5. The van der Waals surface area contributed by atoms with Gasteiger partial charge in [-0.1, -0.05) is 33.1 Å². The summed E-state index contributed by atoms with van der Waals surface area (Å²) in [5, 5.41) is 3.78. The maximum absolute atomic E-state index is 3.78. The molecular weight excluding hydrogens is 194 g/mol. The molecule has 0 radical (unpaired) electrons. The molecule has 0 bridgehead atoms. The molecule has 0 aliphatic heterocycles. The molecule has 0 heterocycles. The van der Waals surface area contributed by atoms with Crippen LogP contribution in [0.25, 0.3) is 0 Å². The minimum absolute atomic E-state index is 0.843. The maximum atomic E-state index is 3.78. The van der Waals surface area contributed by atoms with Crippen molar-refractivity contribution in [2.75, 3.05) is 6.54 Å². The monoisotopic (exact) mass is 223 g/mol. The molecular formula is C15H29N. The van der Waals surface area contributed by atoms with Crippen LogP contribution in [0.5, 0.6) is 0 Å². The minimum Gasteiger partial charge on any atom is -0.314 e. The van der Waals surface area contributed by atoms with E-state index in [0.717, 1.165) is 23.8 Å². The van der Waals surface area contributed by atoms with Gasteiger partial charge in [0.2, 0.25) is 0 Å². The van der Waals surface area contributed by atoms with Crippen LogP contribution in [-0.2, 0) is 0 Å². The predicted molar refractivity (Wildman–Crippen MR) is 70.5 cm³/mol. The van der Waals surface area contributed by atoms with Crippen molar-refractivity contribution in [1.29, 1.82) is 0 Å². The normalized spacial score (nSPS) is 31.7. The third kappa shape index (κ3) is 3.48. The van der Waals surface area contributed by atoms with Gasteiger partial charge in [-0.15, -0.1) is 0 Å². The van der Waals surface area contributed by atoms with E-state index in [-0.39, 0.29) is 0 Å². The van der Waals surface area contributed by atoms with E-state index >= 15 is 0 Å². The summed E-state index contributed by atoms with van der Waals surface area (Å²) >= 11 is 0. The Hall–Kier alpha value is -0.0400. The SMILES string of the molecule is CC(C)C1CCC(NCCC2CCC2)CC1. The van der Waals surface area contributed by atoms with E-state index in [1.54, 1.807) is 0 Å². The molecule has 1 N–H and O–H groups in total. The number of hydrogen-bond donors (Lipinski definition) is 1. The van der Waals surface area contributed by atoms with Gasteiger partial charge in [0, 0.05) is 6.04 Å². The second-order valence-corrected chi connectivity index (χ2v) is 6.40. The summed E-state index contributed by atoms with van der Waals surface area (Å²) in [6, 6.07) is 0.843. The third-order valence-corrected chi connectivity index (χ3v) is 4.92. The summed E-state index contributed by atoms with van der Waals surface area (Å²) in [6.45, 7) is 6.05. The molecule has 2 aliphatic carbocycles. The topological polar surface area (TPSA) is 12.0 Å². The Labute approximate surface area is 101 Å². The van der Waals surface area contributed by atoms with E-state index in [0.29, 0.717) is 0 Å². The smallest absolute Gasteiger partial charge is 0.00672 e. The summed E-state index contributed by atoms with van der Waals surface area (Å²) in [4.78, 5) is 0. The van der Waals surface area contributed by atoms with E-state index in [2.05, 4.69) is 19.2 Å². The fourth-order valence-corrected chi connectivity index (χ4v) is 3.26. The zero-order valence-electron chi connectivity index (χ0n) is 11.2. The molecule has 2 rings (SSSR count). The molecule has 0 spiro atoms. The van der Waals surface area contributed by atoms with Crippen molar-refractivity contribution in [2.24, 2.45) is 17.8 Å². The van der Waals surface area contributed by atoms with Gasteiger partial charge in [-0.2, -0.15) is 0 Å². The molecule has 0 unspecified atom stereocenters. The highest BCUT2D eigenvalue weighted by Gasteiger charge is 2.23. The van der Waals surface area contributed by atoms with E-state index < -0.39 is 0 Å². The molecule has 16 heavy (non-hydrogen) atoms. The van der Waals surface area contributed by atoms with Crippen LogP contribution in [0.15, 0.2) is 0 Å². The lowest BCUT2D eigenvalue weighted by Crippen LogP contribution is -2.35. The molecule has 2 aliphatic rings. The van der Waals surface area contributed by atoms with Gasteiger partial charge in [-0.25, -0.2) is 0 Å². The van der Waals surface area contributed by atoms with Gasteiger partial charge in [0.05, 0.1) is 0 Å². The van der Waals surface area contributed by atoms with Crippen LogP contribution in [0.2, 0.25) is 0 Å². The Morgan fingerprint density at radius 3 is 2.19 bits per heavy atom. The van der Waals surface area contributed by atoms with E-state index in [1.165, 1.54) is 57.9 Å². The Bertz CT molecular complexity index is 188. The summed E-state index contributed by atoms with van der Waals surface area (Å²) in [5.41, 5.74) is 0. The second-order valence-electron chi connectivity index (χ2n) is 6.40. The van der Waals surface area contributed by atoms with Gasteiger partial charge in [-0.3, -0.25) is 0 Å². The summed E-state index contributed by atoms with van der Waals surface area (Å²) in [7, 11) is 0. The zero-order chi connectivity index (χ0) is 11.4. The van der Waals surface area contributed by atoms with Crippen LogP contribution in [0.3, 0.4) is 0 Å². The van der Waals surface area contributed by atoms with Crippen molar-refractivity contribution >= 4 is 0 Å². The Morgan fingerprint density at radius 2 is 1.69 bits per heavy atom. The molecule has 0 aromatic rings. The van der Waals surface area contributed by atoms with Crippen molar-refractivity contribution in [1.82, 2.24) is 5.32 Å². The molecule has 0 atom stereocenters. The van der Waals surface area contributed by atoms with E-state index in [1.807, 2.05) is 0 Å². The molecule has 0 aromatic carbocycles. The lowest BCUT2D eigenvalue weighted by molar-refractivity contribution is 0.229. The molecule has 0 saturated heterocycles. The van der Waals surface area contributed by atoms with Gasteiger partial charge >= 0.3 is 0 Å². The lowest BCUT2D eigenvalue weighted by atomic mass is 9.79. The first kappa shape index (κ1) is 12.4. The molecule has 2 saturated carbocycles. The predicted octanol–water partition coefficient (Wildman–Crippen LogP) is 3.98. The Kier molecular flexibility index (Phi) is 4.69. The second kappa shape index (κ2) is 6.05. The first-order valence-corrected chi connectivity index (χ1v) is 7.49. The van der Waals surface area contributed by atoms with Crippen LogP contribution in [0.4, 0.5) is 0 Å².